The van der Waals surface area contributed by atoms with Crippen LogP contribution in [0.15, 0.2) is 12.1 Å². The van der Waals surface area contributed by atoms with Gasteiger partial charge in [-0.2, -0.15) is 13.2 Å². The van der Waals surface area contributed by atoms with E-state index in [4.69, 9.17) is 4.74 Å². The molecule has 1 aliphatic heterocycles. The van der Waals surface area contributed by atoms with Gasteiger partial charge in [-0.1, -0.05) is 0 Å². The van der Waals surface area contributed by atoms with Crippen molar-refractivity contribution in [2.45, 2.75) is 19.0 Å². The molecule has 0 spiro atoms. The second kappa shape index (κ2) is 7.85. The smallest absolute Gasteiger partial charge is 0.401 e. The van der Waals surface area contributed by atoms with Crippen LogP contribution < -0.4 is 10.1 Å². The van der Waals surface area contributed by atoms with Crippen LogP contribution in [0.25, 0.3) is 0 Å². The molecule has 6 nitrogen and oxygen atoms in total. The first-order valence-electron chi connectivity index (χ1n) is 7.74. The summed E-state index contributed by atoms with van der Waals surface area (Å²) in [5, 5.41) is 13.7. The highest BCUT2D eigenvalue weighted by atomic mass is 19.4. The molecule has 2 rings (SSSR count). The van der Waals surface area contributed by atoms with Gasteiger partial charge in [-0.3, -0.25) is 15.0 Å². The Morgan fingerprint density at radius 2 is 2.00 bits per heavy atom. The highest BCUT2D eigenvalue weighted by Gasteiger charge is 2.32. The summed E-state index contributed by atoms with van der Waals surface area (Å²) in [7, 11) is 1.25. The van der Waals surface area contributed by atoms with E-state index >= 15 is 0 Å². The molecule has 0 unspecified atom stereocenters. The van der Waals surface area contributed by atoms with Crippen LogP contribution in [0.1, 0.15) is 12.8 Å². The number of rotatable bonds is 6. The maximum Gasteiger partial charge on any atom is 0.401 e. The fourth-order valence-corrected chi connectivity index (χ4v) is 2.84. The first-order chi connectivity index (χ1) is 11.7. The van der Waals surface area contributed by atoms with E-state index in [1.165, 1.54) is 18.1 Å². The number of nitro groups is 1. The third-order valence-electron chi connectivity index (χ3n) is 4.16. The number of nitrogens with one attached hydrogen (secondary N) is 1. The van der Waals surface area contributed by atoms with Crippen LogP contribution in [0.5, 0.6) is 5.75 Å². The first kappa shape index (κ1) is 19.2. The van der Waals surface area contributed by atoms with Crippen molar-refractivity contribution in [3.63, 3.8) is 0 Å². The van der Waals surface area contributed by atoms with E-state index in [0.717, 1.165) is 6.07 Å². The molecule has 1 aromatic carbocycles. The molecule has 0 radical (unpaired) electrons. The molecule has 0 aliphatic carbocycles. The Bertz CT molecular complexity index is 617. The number of anilines is 1. The molecule has 1 aromatic rings. The van der Waals surface area contributed by atoms with Crippen molar-refractivity contribution in [1.29, 1.82) is 0 Å². The third kappa shape index (κ3) is 5.45. The Morgan fingerprint density at radius 1 is 1.36 bits per heavy atom. The van der Waals surface area contributed by atoms with Crippen LogP contribution in [0.4, 0.5) is 28.9 Å². The van der Waals surface area contributed by atoms with Crippen molar-refractivity contribution in [3.05, 3.63) is 28.1 Å². The zero-order valence-corrected chi connectivity index (χ0v) is 13.6. The third-order valence-corrected chi connectivity index (χ3v) is 4.16. The van der Waals surface area contributed by atoms with Crippen LogP contribution in [0.2, 0.25) is 0 Å². The summed E-state index contributed by atoms with van der Waals surface area (Å²) in [4.78, 5) is 11.5. The van der Waals surface area contributed by atoms with Crippen molar-refractivity contribution in [2.24, 2.45) is 5.92 Å². The van der Waals surface area contributed by atoms with Gasteiger partial charge in [-0.15, -0.1) is 0 Å². The van der Waals surface area contributed by atoms with E-state index < -0.39 is 29.1 Å². The minimum absolute atomic E-state index is 0.0612. The monoisotopic (exact) mass is 365 g/mol. The zero-order chi connectivity index (χ0) is 18.6. The maximum absolute atomic E-state index is 14.0. The van der Waals surface area contributed by atoms with Crippen molar-refractivity contribution in [1.82, 2.24) is 4.90 Å². The van der Waals surface area contributed by atoms with E-state index in [9.17, 15) is 27.7 Å². The Morgan fingerprint density at radius 3 is 2.52 bits per heavy atom. The molecular weight excluding hydrogens is 346 g/mol. The number of hydrogen-bond donors (Lipinski definition) is 1. The number of nitro benzene ring substituents is 1. The molecule has 1 saturated heterocycles. The molecule has 1 N–H and O–H groups in total. The molecule has 140 valence electrons. The second-order valence-electron chi connectivity index (χ2n) is 5.98. The van der Waals surface area contributed by atoms with Gasteiger partial charge >= 0.3 is 11.9 Å². The molecule has 25 heavy (non-hydrogen) atoms. The van der Waals surface area contributed by atoms with E-state index in [-0.39, 0.29) is 17.4 Å². The summed E-state index contributed by atoms with van der Waals surface area (Å²) < 4.78 is 55.9. The molecule has 0 bridgehead atoms. The average molecular weight is 365 g/mol. The maximum atomic E-state index is 14.0. The number of nitrogens with zero attached hydrogens (tertiary/aromatic N) is 2. The molecule has 0 saturated carbocycles. The van der Waals surface area contributed by atoms with Gasteiger partial charge in [0.1, 0.15) is 0 Å². The Labute approximate surface area is 141 Å². The summed E-state index contributed by atoms with van der Waals surface area (Å²) in [6.07, 6.45) is -3.08. The van der Waals surface area contributed by atoms with Gasteiger partial charge in [0, 0.05) is 12.6 Å². The van der Waals surface area contributed by atoms with Crippen molar-refractivity contribution in [2.75, 3.05) is 38.6 Å². The first-order valence-corrected chi connectivity index (χ1v) is 7.74. The van der Waals surface area contributed by atoms with E-state index in [1.54, 1.807) is 0 Å². The van der Waals surface area contributed by atoms with Crippen molar-refractivity contribution < 1.29 is 27.2 Å². The largest absolute Gasteiger partial charge is 0.490 e. The average Bonchev–Trinajstić information content (AvgIpc) is 2.53. The summed E-state index contributed by atoms with van der Waals surface area (Å²) in [6.45, 7) is 0.120. The molecule has 1 fully saturated rings. The van der Waals surface area contributed by atoms with Gasteiger partial charge in [0.15, 0.2) is 11.6 Å². The summed E-state index contributed by atoms with van der Waals surface area (Å²) in [5.74, 6) is -0.735. The molecule has 0 atom stereocenters. The number of benzene rings is 1. The Kier molecular flexibility index (Phi) is 6.04. The molecule has 1 aliphatic rings. The molecule has 0 amide bonds. The van der Waals surface area contributed by atoms with Gasteiger partial charge in [0.25, 0.3) is 0 Å². The lowest BCUT2D eigenvalue weighted by Crippen LogP contribution is -2.41. The van der Waals surface area contributed by atoms with Gasteiger partial charge in [-0.05, 0) is 31.8 Å². The zero-order valence-electron chi connectivity index (χ0n) is 13.6. The number of ether oxygens (including phenoxy) is 1. The van der Waals surface area contributed by atoms with Crippen LogP contribution in [-0.2, 0) is 0 Å². The normalized spacial score (nSPS) is 16.7. The predicted octanol–water partition coefficient (Wildman–Crippen LogP) is 3.43. The van der Waals surface area contributed by atoms with Crippen LogP contribution in [0.3, 0.4) is 0 Å². The van der Waals surface area contributed by atoms with Gasteiger partial charge < -0.3 is 10.1 Å². The number of hydrogen-bond acceptors (Lipinski definition) is 5. The fraction of sp³-hybridized carbons (Fsp3) is 0.600. The minimum atomic E-state index is -4.20. The highest BCUT2D eigenvalue weighted by molar-refractivity contribution is 5.59. The summed E-state index contributed by atoms with van der Waals surface area (Å²) >= 11 is 0. The van der Waals surface area contributed by atoms with Crippen molar-refractivity contribution in [3.8, 4) is 5.75 Å². The number of alkyl halides is 3. The fourth-order valence-electron chi connectivity index (χ4n) is 2.84. The topological polar surface area (TPSA) is 67.6 Å². The van der Waals surface area contributed by atoms with Crippen LogP contribution >= 0.6 is 0 Å². The predicted molar refractivity (Wildman–Crippen MR) is 83.3 cm³/mol. The SMILES string of the molecule is COc1cc(NCC2CCN(CC(F)(F)F)CC2)c(F)cc1[N+](=O)[O-]. The molecular formula is C15H19F4N3O3. The Balaban J connectivity index is 1.91. The number of piperidine rings is 1. The Hall–Kier alpha value is -2.10. The quantitative estimate of drug-likeness (QED) is 0.475. The molecule has 1 heterocycles. The highest BCUT2D eigenvalue weighted by Crippen LogP contribution is 2.32. The van der Waals surface area contributed by atoms with E-state index in [0.29, 0.717) is 32.5 Å². The second-order valence-corrected chi connectivity index (χ2v) is 5.98. The van der Waals surface area contributed by atoms with E-state index in [1.807, 2.05) is 0 Å². The van der Waals surface area contributed by atoms with Crippen LogP contribution in [0, 0.1) is 21.8 Å². The minimum Gasteiger partial charge on any atom is -0.490 e. The lowest BCUT2D eigenvalue weighted by molar-refractivity contribution is -0.385. The standard InChI is InChI=1S/C15H19F4N3O3/c1-25-14-7-12(11(16)6-13(14)22(23)24)20-8-10-2-4-21(5-3-10)9-15(17,18)19/h6-7,10,20H,2-5,8-9H2,1H3. The number of halogens is 4. The van der Waals surface area contributed by atoms with Gasteiger partial charge in [-0.25, -0.2) is 4.39 Å². The van der Waals surface area contributed by atoms with E-state index in [2.05, 4.69) is 5.32 Å². The summed E-state index contributed by atoms with van der Waals surface area (Å²) in [5.41, 5.74) is -0.397. The summed E-state index contributed by atoms with van der Waals surface area (Å²) in [6, 6.07) is 2.00. The lowest BCUT2D eigenvalue weighted by atomic mass is 9.96. The van der Waals surface area contributed by atoms with Crippen molar-refractivity contribution >= 4 is 11.4 Å². The number of likely N-dealkylation sites (tertiary alicyclic amines) is 1. The molecule has 10 heteroatoms. The van der Waals surface area contributed by atoms with Crippen LogP contribution in [-0.4, -0.2) is 49.3 Å². The molecule has 0 aromatic heterocycles. The lowest BCUT2D eigenvalue weighted by Gasteiger charge is -2.32. The number of methoxy groups -OCH3 is 1. The van der Waals surface area contributed by atoms with Gasteiger partial charge in [0.2, 0.25) is 0 Å². The van der Waals surface area contributed by atoms with Gasteiger partial charge in [0.05, 0.1) is 30.3 Å².